The zero-order chi connectivity index (χ0) is 16.8. The number of nitrogens with zero attached hydrogens (tertiary/aromatic N) is 5. The minimum atomic E-state index is -0.689. The Kier molecular flexibility index (Phi) is 2.92. The van der Waals surface area contributed by atoms with E-state index in [0.717, 1.165) is 16.5 Å². The van der Waals surface area contributed by atoms with Crippen molar-refractivity contribution in [3.05, 3.63) is 42.6 Å². The Morgan fingerprint density at radius 3 is 2.88 bits per heavy atom. The van der Waals surface area contributed by atoms with Crippen LogP contribution in [0.15, 0.2) is 36.9 Å². The summed E-state index contributed by atoms with van der Waals surface area (Å²) in [5.41, 5.74) is 15.1. The highest BCUT2D eigenvalue weighted by atomic mass is 16.1. The molecule has 0 bridgehead atoms. The lowest BCUT2D eigenvalue weighted by molar-refractivity contribution is 0.0997. The molecular formula is C16H13N7O. The van der Waals surface area contributed by atoms with E-state index in [2.05, 4.69) is 20.1 Å². The van der Waals surface area contributed by atoms with Gasteiger partial charge in [0.25, 0.3) is 5.91 Å². The van der Waals surface area contributed by atoms with Crippen molar-refractivity contribution in [2.75, 3.05) is 5.73 Å². The van der Waals surface area contributed by atoms with Crippen LogP contribution in [0.25, 0.3) is 33.1 Å². The zero-order valence-electron chi connectivity index (χ0n) is 12.8. The molecule has 4 aromatic heterocycles. The van der Waals surface area contributed by atoms with E-state index in [1.165, 1.54) is 0 Å². The van der Waals surface area contributed by atoms with Crippen LogP contribution < -0.4 is 11.5 Å². The molecule has 0 unspecified atom stereocenters. The van der Waals surface area contributed by atoms with Crippen LogP contribution >= 0.6 is 0 Å². The third-order valence-electron chi connectivity index (χ3n) is 3.96. The predicted octanol–water partition coefficient (Wildman–Crippen LogP) is 1.26. The summed E-state index contributed by atoms with van der Waals surface area (Å²) in [7, 11) is 1.83. The molecule has 0 fully saturated rings. The first-order valence-electron chi connectivity index (χ1n) is 7.18. The number of pyridine rings is 3. The van der Waals surface area contributed by atoms with E-state index in [-0.39, 0.29) is 11.4 Å². The van der Waals surface area contributed by atoms with Crippen LogP contribution in [-0.4, -0.2) is 30.6 Å². The van der Waals surface area contributed by atoms with E-state index in [0.29, 0.717) is 16.6 Å². The fourth-order valence-electron chi connectivity index (χ4n) is 2.83. The lowest BCUT2D eigenvalue weighted by atomic mass is 9.99. The fourth-order valence-corrected chi connectivity index (χ4v) is 2.83. The Hall–Kier alpha value is -3.55. The summed E-state index contributed by atoms with van der Waals surface area (Å²) < 4.78 is 1.72. The number of nitrogen functional groups attached to an aromatic ring is 1. The summed E-state index contributed by atoms with van der Waals surface area (Å²) in [5.74, 6) is -0.689. The van der Waals surface area contributed by atoms with Crippen LogP contribution in [-0.2, 0) is 7.05 Å². The summed E-state index contributed by atoms with van der Waals surface area (Å²) in [6.07, 6.45) is 6.76. The number of anilines is 1. The number of nitrogens with two attached hydrogens (primary N) is 2. The fraction of sp³-hybridized carbons (Fsp3) is 0.0625. The average molecular weight is 319 g/mol. The predicted molar refractivity (Wildman–Crippen MR) is 90.0 cm³/mol. The second-order valence-electron chi connectivity index (χ2n) is 5.37. The van der Waals surface area contributed by atoms with Crippen LogP contribution in [0.3, 0.4) is 0 Å². The lowest BCUT2D eigenvalue weighted by Crippen LogP contribution is -2.16. The van der Waals surface area contributed by atoms with E-state index in [1.807, 2.05) is 7.05 Å². The number of aryl methyl sites for hydroxylation is 1. The highest BCUT2D eigenvalue weighted by Gasteiger charge is 2.20. The molecule has 0 saturated carbocycles. The van der Waals surface area contributed by atoms with E-state index >= 15 is 0 Å². The average Bonchev–Trinajstić information content (AvgIpc) is 2.96. The first-order valence-corrected chi connectivity index (χ1v) is 7.18. The molecule has 0 aliphatic rings. The van der Waals surface area contributed by atoms with Gasteiger partial charge in [0, 0.05) is 36.0 Å². The van der Waals surface area contributed by atoms with E-state index < -0.39 is 5.91 Å². The number of carbonyl (C=O) groups is 1. The van der Waals surface area contributed by atoms with Gasteiger partial charge in [-0.15, -0.1) is 0 Å². The first kappa shape index (κ1) is 14.1. The van der Waals surface area contributed by atoms with Gasteiger partial charge in [0.05, 0.1) is 34.6 Å². The van der Waals surface area contributed by atoms with Crippen molar-refractivity contribution in [1.82, 2.24) is 24.7 Å². The molecule has 1 amide bonds. The molecule has 4 rings (SSSR count). The van der Waals surface area contributed by atoms with Crippen LogP contribution in [0.4, 0.5) is 5.69 Å². The quantitative estimate of drug-likeness (QED) is 0.573. The molecule has 0 atom stereocenters. The number of hydrogen-bond acceptors (Lipinski definition) is 6. The third kappa shape index (κ3) is 1.89. The molecule has 0 spiro atoms. The number of aromatic nitrogens is 5. The molecule has 8 heteroatoms. The maximum atomic E-state index is 11.7. The van der Waals surface area contributed by atoms with Crippen molar-refractivity contribution in [3.63, 3.8) is 0 Å². The Morgan fingerprint density at radius 2 is 2.08 bits per heavy atom. The number of primary amides is 1. The van der Waals surface area contributed by atoms with Crippen LogP contribution in [0.1, 0.15) is 10.5 Å². The lowest BCUT2D eigenvalue weighted by Gasteiger charge is -2.12. The molecular weight excluding hydrogens is 306 g/mol. The van der Waals surface area contributed by atoms with Gasteiger partial charge in [0.1, 0.15) is 0 Å². The van der Waals surface area contributed by atoms with Gasteiger partial charge in [0.2, 0.25) is 0 Å². The van der Waals surface area contributed by atoms with Gasteiger partial charge >= 0.3 is 0 Å². The molecule has 4 N–H and O–H groups in total. The van der Waals surface area contributed by atoms with Gasteiger partial charge < -0.3 is 11.5 Å². The molecule has 8 nitrogen and oxygen atoms in total. The van der Waals surface area contributed by atoms with Gasteiger partial charge in [-0.05, 0) is 12.1 Å². The topological polar surface area (TPSA) is 126 Å². The number of carbonyl (C=O) groups excluding carboxylic acids is 1. The minimum absolute atomic E-state index is 0.0198. The van der Waals surface area contributed by atoms with Gasteiger partial charge in [-0.3, -0.25) is 19.4 Å². The third-order valence-corrected chi connectivity index (χ3v) is 3.96. The highest BCUT2D eigenvalue weighted by molar-refractivity contribution is 6.11. The van der Waals surface area contributed by atoms with Crippen LogP contribution in [0, 0.1) is 0 Å². The molecule has 4 heterocycles. The monoisotopic (exact) mass is 319 g/mol. The number of amides is 1. The van der Waals surface area contributed by atoms with E-state index in [4.69, 9.17) is 11.5 Å². The minimum Gasteiger partial charge on any atom is -0.396 e. The first-order chi connectivity index (χ1) is 11.6. The van der Waals surface area contributed by atoms with Gasteiger partial charge in [-0.1, -0.05) is 0 Å². The summed E-state index contributed by atoms with van der Waals surface area (Å²) in [6.45, 7) is 0. The highest BCUT2D eigenvalue weighted by Crippen LogP contribution is 2.37. The molecule has 0 saturated heterocycles. The Labute approximate surface area is 136 Å². The van der Waals surface area contributed by atoms with E-state index in [9.17, 15) is 4.79 Å². The van der Waals surface area contributed by atoms with Crippen molar-refractivity contribution >= 4 is 33.5 Å². The smallest absolute Gasteiger partial charge is 0.269 e. The van der Waals surface area contributed by atoms with Gasteiger partial charge in [-0.2, -0.15) is 5.10 Å². The summed E-state index contributed by atoms with van der Waals surface area (Å²) in [6, 6.07) is 3.50. The standard InChI is InChI=1S/C16H13N7O/c1-23-11-7-19-5-9(8(11)6-21-23)12-13(17)15(16(18)24)22-10-3-2-4-20-14(10)12/h2-7H,17H2,1H3,(H2,18,24). The maximum Gasteiger partial charge on any atom is 0.269 e. The van der Waals surface area contributed by atoms with Crippen molar-refractivity contribution in [2.24, 2.45) is 12.8 Å². The summed E-state index contributed by atoms with van der Waals surface area (Å²) >= 11 is 0. The molecule has 4 aromatic rings. The van der Waals surface area contributed by atoms with Crippen molar-refractivity contribution in [1.29, 1.82) is 0 Å². The zero-order valence-corrected chi connectivity index (χ0v) is 12.8. The molecule has 118 valence electrons. The normalized spacial score (nSPS) is 11.2. The Balaban J connectivity index is 2.19. The number of fused-ring (bicyclic) bond motifs is 2. The molecule has 24 heavy (non-hydrogen) atoms. The second-order valence-corrected chi connectivity index (χ2v) is 5.37. The molecule has 0 aromatic carbocycles. The van der Waals surface area contributed by atoms with E-state index in [1.54, 1.807) is 41.6 Å². The van der Waals surface area contributed by atoms with Crippen LogP contribution in [0.5, 0.6) is 0 Å². The maximum absolute atomic E-state index is 11.7. The Morgan fingerprint density at radius 1 is 1.25 bits per heavy atom. The second kappa shape index (κ2) is 4.98. The van der Waals surface area contributed by atoms with Crippen molar-refractivity contribution < 1.29 is 4.79 Å². The summed E-state index contributed by atoms with van der Waals surface area (Å²) in [5, 5.41) is 5.11. The van der Waals surface area contributed by atoms with Crippen molar-refractivity contribution in [3.8, 4) is 11.1 Å². The van der Waals surface area contributed by atoms with Gasteiger partial charge in [0.15, 0.2) is 5.69 Å². The SMILES string of the molecule is Cn1ncc2c(-c3c(N)c(C(N)=O)nc4cccnc34)cncc21. The molecule has 0 aliphatic heterocycles. The molecule has 0 aliphatic carbocycles. The van der Waals surface area contributed by atoms with Gasteiger partial charge in [-0.25, -0.2) is 4.98 Å². The number of rotatable bonds is 2. The summed E-state index contributed by atoms with van der Waals surface area (Å²) in [4.78, 5) is 24.6. The van der Waals surface area contributed by atoms with Crippen LogP contribution in [0.2, 0.25) is 0 Å². The Bertz CT molecular complexity index is 1120. The number of hydrogen-bond donors (Lipinski definition) is 2. The molecule has 0 radical (unpaired) electrons. The largest absolute Gasteiger partial charge is 0.396 e. The van der Waals surface area contributed by atoms with Crippen molar-refractivity contribution in [2.45, 2.75) is 0 Å².